The lowest BCUT2D eigenvalue weighted by atomic mass is 10.00. The maximum absolute atomic E-state index is 10.8. The molecule has 5 nitrogen and oxygen atoms in total. The van der Waals surface area contributed by atoms with E-state index in [9.17, 15) is 15.0 Å². The first-order valence-electron chi connectivity index (χ1n) is 5.40. The number of rotatable bonds is 6. The fourth-order valence-electron chi connectivity index (χ4n) is 1.53. The number of aromatic carboxylic acids is 1. The summed E-state index contributed by atoms with van der Waals surface area (Å²) in [6.07, 6.45) is -1.58. The van der Waals surface area contributed by atoms with E-state index >= 15 is 0 Å². The van der Waals surface area contributed by atoms with Crippen LogP contribution in [0.5, 0.6) is 0 Å². The zero-order valence-electron chi connectivity index (χ0n) is 9.63. The number of nitrogens with one attached hydrogen (secondary N) is 1. The van der Waals surface area contributed by atoms with Crippen molar-refractivity contribution in [3.8, 4) is 0 Å². The summed E-state index contributed by atoms with van der Waals surface area (Å²) in [5.74, 6) is -1.05. The first-order valence-corrected chi connectivity index (χ1v) is 5.40. The smallest absolute Gasteiger partial charge is 0.335 e. The molecule has 2 atom stereocenters. The number of carbonyl (C=O) groups is 1. The van der Waals surface area contributed by atoms with Gasteiger partial charge in [0, 0.05) is 0 Å². The Morgan fingerprint density at radius 3 is 2.71 bits per heavy atom. The van der Waals surface area contributed by atoms with Crippen molar-refractivity contribution in [2.45, 2.75) is 18.6 Å². The van der Waals surface area contributed by atoms with E-state index in [0.717, 1.165) is 0 Å². The number of benzene rings is 1. The van der Waals surface area contributed by atoms with Crippen molar-refractivity contribution in [2.24, 2.45) is 0 Å². The van der Waals surface area contributed by atoms with Gasteiger partial charge in [0.25, 0.3) is 0 Å². The molecule has 0 fully saturated rings. The third-order valence-electron chi connectivity index (χ3n) is 2.53. The average Bonchev–Trinajstić information content (AvgIpc) is 2.35. The molecule has 0 saturated carbocycles. The summed E-state index contributed by atoms with van der Waals surface area (Å²) in [6.45, 7) is 0.580. The highest BCUT2D eigenvalue weighted by atomic mass is 16.4. The first-order chi connectivity index (χ1) is 8.06. The van der Waals surface area contributed by atoms with Gasteiger partial charge in [-0.1, -0.05) is 12.1 Å². The van der Waals surface area contributed by atoms with Gasteiger partial charge in [0.1, 0.15) is 6.10 Å². The number of aliphatic hydroxyl groups excluding tert-OH is 2. The largest absolute Gasteiger partial charge is 0.478 e. The zero-order valence-corrected chi connectivity index (χ0v) is 9.63. The van der Waals surface area contributed by atoms with Gasteiger partial charge >= 0.3 is 5.97 Å². The third kappa shape index (κ3) is 3.81. The van der Waals surface area contributed by atoms with E-state index in [4.69, 9.17) is 5.11 Å². The van der Waals surface area contributed by atoms with Gasteiger partial charge in [0.05, 0.1) is 11.7 Å². The van der Waals surface area contributed by atoms with E-state index in [1.807, 2.05) is 0 Å². The summed E-state index contributed by atoms with van der Waals surface area (Å²) in [6, 6.07) is 5.96. The van der Waals surface area contributed by atoms with E-state index < -0.39 is 18.2 Å². The molecule has 0 amide bonds. The molecule has 4 N–H and O–H groups in total. The molecule has 5 heteroatoms. The minimum atomic E-state index is -1.07. The van der Waals surface area contributed by atoms with Crippen LogP contribution >= 0.6 is 0 Å². The van der Waals surface area contributed by atoms with E-state index in [0.29, 0.717) is 18.5 Å². The third-order valence-corrected chi connectivity index (χ3v) is 2.53. The molecule has 0 aliphatic carbocycles. The van der Waals surface area contributed by atoms with Crippen LogP contribution in [0.3, 0.4) is 0 Å². The van der Waals surface area contributed by atoms with Crippen molar-refractivity contribution in [1.29, 1.82) is 0 Å². The molecule has 1 aromatic carbocycles. The first kappa shape index (κ1) is 13.6. The normalized spacial score (nSPS) is 14.3. The van der Waals surface area contributed by atoms with Gasteiger partial charge in [-0.05, 0) is 37.7 Å². The van der Waals surface area contributed by atoms with Crippen LogP contribution in [0.2, 0.25) is 0 Å². The summed E-state index contributed by atoms with van der Waals surface area (Å²) in [5.41, 5.74) is 0.510. The Kier molecular flexibility index (Phi) is 5.09. The topological polar surface area (TPSA) is 89.8 Å². The van der Waals surface area contributed by atoms with E-state index in [1.165, 1.54) is 12.1 Å². The van der Waals surface area contributed by atoms with Gasteiger partial charge in [-0.25, -0.2) is 4.79 Å². The number of hydrogen-bond acceptors (Lipinski definition) is 4. The van der Waals surface area contributed by atoms with Crippen molar-refractivity contribution in [3.63, 3.8) is 0 Å². The molecule has 0 heterocycles. The Morgan fingerprint density at radius 2 is 2.12 bits per heavy atom. The summed E-state index contributed by atoms with van der Waals surface area (Å²) < 4.78 is 0. The molecule has 0 aliphatic rings. The molecular formula is C12H17NO4. The van der Waals surface area contributed by atoms with E-state index in [2.05, 4.69) is 5.32 Å². The summed E-state index contributed by atoms with van der Waals surface area (Å²) >= 11 is 0. The van der Waals surface area contributed by atoms with Crippen LogP contribution in [0.4, 0.5) is 0 Å². The molecule has 0 aliphatic heterocycles. The lowest BCUT2D eigenvalue weighted by Crippen LogP contribution is -2.23. The average molecular weight is 239 g/mol. The van der Waals surface area contributed by atoms with Crippen molar-refractivity contribution in [3.05, 3.63) is 35.4 Å². The van der Waals surface area contributed by atoms with Crippen molar-refractivity contribution < 1.29 is 20.1 Å². The molecule has 0 spiro atoms. The maximum atomic E-state index is 10.8. The van der Waals surface area contributed by atoms with Crippen LogP contribution < -0.4 is 5.32 Å². The molecule has 2 unspecified atom stereocenters. The highest BCUT2D eigenvalue weighted by molar-refractivity contribution is 5.87. The van der Waals surface area contributed by atoms with Gasteiger partial charge in [-0.3, -0.25) is 0 Å². The Hall–Kier alpha value is -1.43. The van der Waals surface area contributed by atoms with Gasteiger partial charge in [0.2, 0.25) is 0 Å². The molecule has 0 radical (unpaired) electrons. The summed E-state index contributed by atoms with van der Waals surface area (Å²) in [7, 11) is 1.75. The van der Waals surface area contributed by atoms with Crippen LogP contribution in [-0.2, 0) is 0 Å². The van der Waals surface area contributed by atoms with Crippen LogP contribution in [-0.4, -0.2) is 41.0 Å². The Labute approximate surface area is 99.7 Å². The summed E-state index contributed by atoms with van der Waals surface area (Å²) in [5, 5.41) is 31.2. The van der Waals surface area contributed by atoms with Crippen LogP contribution in [0.15, 0.2) is 24.3 Å². The molecule has 0 saturated heterocycles. The van der Waals surface area contributed by atoms with Crippen LogP contribution in [0.1, 0.15) is 28.4 Å². The van der Waals surface area contributed by atoms with E-state index in [-0.39, 0.29) is 5.56 Å². The minimum Gasteiger partial charge on any atom is -0.478 e. The molecular weight excluding hydrogens is 222 g/mol. The van der Waals surface area contributed by atoms with Crippen LogP contribution in [0.25, 0.3) is 0 Å². The predicted octanol–water partition coefficient (Wildman–Crippen LogP) is 0.389. The lowest BCUT2D eigenvalue weighted by molar-refractivity contribution is 0.0139. The van der Waals surface area contributed by atoms with E-state index in [1.54, 1.807) is 19.2 Å². The Bertz CT molecular complexity index is 381. The lowest BCUT2D eigenvalue weighted by Gasteiger charge is -2.18. The van der Waals surface area contributed by atoms with Crippen LogP contribution in [0, 0.1) is 0 Å². The quantitative estimate of drug-likeness (QED) is 0.576. The molecule has 1 rings (SSSR count). The van der Waals surface area contributed by atoms with Crippen molar-refractivity contribution >= 4 is 5.97 Å². The molecule has 0 bridgehead atoms. The highest BCUT2D eigenvalue weighted by Crippen LogP contribution is 2.19. The predicted molar refractivity (Wildman–Crippen MR) is 62.9 cm³/mol. The maximum Gasteiger partial charge on any atom is 0.335 e. The fourth-order valence-corrected chi connectivity index (χ4v) is 1.53. The second-order valence-corrected chi connectivity index (χ2v) is 3.84. The second-order valence-electron chi connectivity index (χ2n) is 3.84. The number of carboxylic acids is 1. The molecule has 0 aromatic heterocycles. The van der Waals surface area contributed by atoms with Crippen molar-refractivity contribution in [1.82, 2.24) is 5.32 Å². The number of hydrogen-bond donors (Lipinski definition) is 4. The highest BCUT2D eigenvalue weighted by Gasteiger charge is 2.18. The standard InChI is InChI=1S/C12H17NO4/c1-13-6-5-10(14)11(15)8-3-2-4-9(7-8)12(16)17/h2-4,7,10-11,13-15H,5-6H2,1H3,(H,16,17). The Morgan fingerprint density at radius 1 is 1.41 bits per heavy atom. The van der Waals surface area contributed by atoms with Gasteiger partial charge in [0.15, 0.2) is 0 Å². The SMILES string of the molecule is CNCCC(O)C(O)c1cccc(C(=O)O)c1. The monoisotopic (exact) mass is 239 g/mol. The van der Waals surface area contributed by atoms with Gasteiger partial charge in [-0.15, -0.1) is 0 Å². The number of aliphatic hydroxyl groups is 2. The second kappa shape index (κ2) is 6.34. The van der Waals surface area contributed by atoms with Gasteiger partial charge in [-0.2, -0.15) is 0 Å². The molecule has 1 aromatic rings. The zero-order chi connectivity index (χ0) is 12.8. The van der Waals surface area contributed by atoms with Crippen molar-refractivity contribution in [2.75, 3.05) is 13.6 Å². The summed E-state index contributed by atoms with van der Waals surface area (Å²) in [4.78, 5) is 10.8. The minimum absolute atomic E-state index is 0.0994. The van der Waals surface area contributed by atoms with Gasteiger partial charge < -0.3 is 20.6 Å². The fraction of sp³-hybridized carbons (Fsp3) is 0.417. The number of carboxylic acid groups (broad SMARTS) is 1. The molecule has 17 heavy (non-hydrogen) atoms. The Balaban J connectivity index is 2.77. The molecule has 94 valence electrons.